The maximum absolute atomic E-state index is 4.75. The van der Waals surface area contributed by atoms with E-state index in [0.717, 1.165) is 31.5 Å². The molecule has 0 unspecified atom stereocenters. The predicted octanol–water partition coefficient (Wildman–Crippen LogP) is 3.23. The van der Waals surface area contributed by atoms with Gasteiger partial charge in [-0.1, -0.05) is 26.7 Å². The molecule has 2 rings (SSSR count). The zero-order valence-corrected chi connectivity index (χ0v) is 13.0. The molecule has 1 aromatic heterocycles. The van der Waals surface area contributed by atoms with Crippen LogP contribution in [0.25, 0.3) is 0 Å². The number of rotatable bonds is 8. The number of nitrogens with one attached hydrogen (secondary N) is 1. The van der Waals surface area contributed by atoms with Gasteiger partial charge in [0.25, 0.3) is 0 Å². The van der Waals surface area contributed by atoms with Crippen molar-refractivity contribution in [1.29, 1.82) is 0 Å². The number of hydrogen-bond acceptors (Lipinski definition) is 2. The lowest BCUT2D eigenvalue weighted by molar-refractivity contribution is 0.390. The Hall–Kier alpha value is -0.830. The van der Waals surface area contributed by atoms with Crippen LogP contribution in [-0.2, 0) is 13.0 Å². The Kier molecular flexibility index (Phi) is 5.03. The molecule has 3 nitrogen and oxygen atoms in total. The van der Waals surface area contributed by atoms with Crippen molar-refractivity contribution in [3.8, 4) is 0 Å². The third-order valence-corrected chi connectivity index (χ3v) is 4.50. The van der Waals surface area contributed by atoms with Gasteiger partial charge < -0.3 is 5.32 Å². The first kappa shape index (κ1) is 14.6. The van der Waals surface area contributed by atoms with Crippen LogP contribution < -0.4 is 5.32 Å². The molecule has 1 aromatic rings. The van der Waals surface area contributed by atoms with Crippen LogP contribution in [0.2, 0.25) is 0 Å². The first-order valence-corrected chi connectivity index (χ1v) is 7.91. The summed E-state index contributed by atoms with van der Waals surface area (Å²) in [6.07, 6.45) is 6.34. The monoisotopic (exact) mass is 263 g/mol. The molecule has 1 N–H and O–H groups in total. The van der Waals surface area contributed by atoms with Gasteiger partial charge in [0, 0.05) is 18.3 Å². The molecule has 3 heteroatoms. The van der Waals surface area contributed by atoms with E-state index in [9.17, 15) is 0 Å². The smallest absolute Gasteiger partial charge is 0.0628 e. The highest BCUT2D eigenvalue weighted by Gasteiger charge is 2.20. The lowest BCUT2D eigenvalue weighted by Gasteiger charge is -2.13. The van der Waals surface area contributed by atoms with Crippen LogP contribution in [0, 0.1) is 19.8 Å². The summed E-state index contributed by atoms with van der Waals surface area (Å²) in [6.45, 7) is 11.1. The zero-order chi connectivity index (χ0) is 13.8. The van der Waals surface area contributed by atoms with Crippen molar-refractivity contribution in [2.24, 2.45) is 5.92 Å². The molecule has 0 spiro atoms. The summed E-state index contributed by atoms with van der Waals surface area (Å²) in [6, 6.07) is 0.806. The summed E-state index contributed by atoms with van der Waals surface area (Å²) in [5.41, 5.74) is 4.06. The summed E-state index contributed by atoms with van der Waals surface area (Å²) in [5.74, 6) is 0.760. The van der Waals surface area contributed by atoms with Gasteiger partial charge >= 0.3 is 0 Å². The maximum Gasteiger partial charge on any atom is 0.0628 e. The molecule has 0 aromatic carbocycles. The Morgan fingerprint density at radius 1 is 1.26 bits per heavy atom. The largest absolute Gasteiger partial charge is 0.314 e. The Morgan fingerprint density at radius 3 is 2.53 bits per heavy atom. The van der Waals surface area contributed by atoms with Crippen LogP contribution in [0.5, 0.6) is 0 Å². The van der Waals surface area contributed by atoms with Crippen LogP contribution in [0.3, 0.4) is 0 Å². The van der Waals surface area contributed by atoms with Crippen LogP contribution >= 0.6 is 0 Å². The van der Waals surface area contributed by atoms with Crippen LogP contribution in [0.1, 0.15) is 56.5 Å². The van der Waals surface area contributed by atoms with E-state index in [4.69, 9.17) is 5.10 Å². The standard InChI is InChI=1S/C16H29N3/c1-5-14(6-2)11-19-13(4)16(12(3)18-19)9-10-17-15-7-8-15/h14-15,17H,5-11H2,1-4H3. The minimum Gasteiger partial charge on any atom is -0.314 e. The Bertz CT molecular complexity index is 400. The third-order valence-electron chi connectivity index (χ3n) is 4.50. The molecule has 1 saturated carbocycles. The molecule has 108 valence electrons. The Morgan fingerprint density at radius 2 is 1.95 bits per heavy atom. The SMILES string of the molecule is CCC(CC)Cn1nc(C)c(CCNC2CC2)c1C. The van der Waals surface area contributed by atoms with Crippen molar-refractivity contribution in [2.45, 2.75) is 72.4 Å². The van der Waals surface area contributed by atoms with Crippen molar-refractivity contribution >= 4 is 0 Å². The fraction of sp³-hybridized carbons (Fsp3) is 0.812. The number of nitrogens with zero attached hydrogens (tertiary/aromatic N) is 2. The molecule has 0 aliphatic heterocycles. The van der Waals surface area contributed by atoms with Crippen molar-refractivity contribution in [3.63, 3.8) is 0 Å². The second kappa shape index (κ2) is 6.56. The van der Waals surface area contributed by atoms with Crippen LogP contribution in [-0.4, -0.2) is 22.4 Å². The maximum atomic E-state index is 4.75. The molecule has 1 aliphatic carbocycles. The normalized spacial score (nSPS) is 15.4. The van der Waals surface area contributed by atoms with E-state index in [1.165, 1.54) is 42.6 Å². The summed E-state index contributed by atoms with van der Waals surface area (Å²) in [7, 11) is 0. The molecular weight excluding hydrogens is 234 g/mol. The van der Waals surface area contributed by atoms with Gasteiger partial charge in [-0.25, -0.2) is 0 Å². The summed E-state index contributed by atoms with van der Waals surface area (Å²) >= 11 is 0. The van der Waals surface area contributed by atoms with Crippen molar-refractivity contribution in [2.75, 3.05) is 6.54 Å². The van der Waals surface area contributed by atoms with Gasteiger partial charge in [-0.3, -0.25) is 4.68 Å². The topological polar surface area (TPSA) is 29.9 Å². The fourth-order valence-electron chi connectivity index (χ4n) is 2.75. The Balaban J connectivity index is 1.96. The van der Waals surface area contributed by atoms with Gasteiger partial charge in [0.1, 0.15) is 0 Å². The van der Waals surface area contributed by atoms with E-state index < -0.39 is 0 Å². The molecule has 19 heavy (non-hydrogen) atoms. The molecular formula is C16H29N3. The molecule has 0 amide bonds. The van der Waals surface area contributed by atoms with E-state index in [1.807, 2.05) is 0 Å². The average molecular weight is 263 g/mol. The minimum absolute atomic E-state index is 0.760. The highest BCUT2D eigenvalue weighted by Crippen LogP contribution is 2.20. The predicted molar refractivity (Wildman–Crippen MR) is 80.5 cm³/mol. The minimum atomic E-state index is 0.760. The van der Waals surface area contributed by atoms with Crippen molar-refractivity contribution in [1.82, 2.24) is 15.1 Å². The van der Waals surface area contributed by atoms with Crippen molar-refractivity contribution < 1.29 is 0 Å². The Labute approximate surface area is 117 Å². The molecule has 1 fully saturated rings. The fourth-order valence-corrected chi connectivity index (χ4v) is 2.75. The van der Waals surface area contributed by atoms with Gasteiger partial charge in [0.05, 0.1) is 5.69 Å². The number of aromatic nitrogens is 2. The van der Waals surface area contributed by atoms with E-state index >= 15 is 0 Å². The molecule has 0 atom stereocenters. The van der Waals surface area contributed by atoms with E-state index in [1.54, 1.807) is 0 Å². The molecule has 0 saturated heterocycles. The first-order valence-electron chi connectivity index (χ1n) is 7.91. The summed E-state index contributed by atoms with van der Waals surface area (Å²) in [5, 5.41) is 8.34. The number of hydrogen-bond donors (Lipinski definition) is 1. The van der Waals surface area contributed by atoms with Gasteiger partial charge in [-0.15, -0.1) is 0 Å². The molecule has 1 heterocycles. The highest BCUT2D eigenvalue weighted by molar-refractivity contribution is 5.25. The number of aryl methyl sites for hydroxylation is 1. The van der Waals surface area contributed by atoms with Gasteiger partial charge in [-0.05, 0) is 51.1 Å². The summed E-state index contributed by atoms with van der Waals surface area (Å²) < 4.78 is 2.24. The van der Waals surface area contributed by atoms with Gasteiger partial charge in [-0.2, -0.15) is 5.10 Å². The second-order valence-corrected chi connectivity index (χ2v) is 5.99. The van der Waals surface area contributed by atoms with Gasteiger partial charge in [0.2, 0.25) is 0 Å². The lowest BCUT2D eigenvalue weighted by Crippen LogP contribution is -2.19. The van der Waals surface area contributed by atoms with E-state index in [2.05, 4.69) is 37.7 Å². The molecule has 1 aliphatic rings. The zero-order valence-electron chi connectivity index (χ0n) is 13.0. The quantitative estimate of drug-likeness (QED) is 0.780. The molecule has 0 bridgehead atoms. The second-order valence-electron chi connectivity index (χ2n) is 5.99. The van der Waals surface area contributed by atoms with Crippen LogP contribution in [0.4, 0.5) is 0 Å². The lowest BCUT2D eigenvalue weighted by atomic mass is 10.0. The summed E-state index contributed by atoms with van der Waals surface area (Å²) in [4.78, 5) is 0. The van der Waals surface area contributed by atoms with E-state index in [0.29, 0.717) is 0 Å². The average Bonchev–Trinajstić information content (AvgIpc) is 3.18. The van der Waals surface area contributed by atoms with Crippen LogP contribution in [0.15, 0.2) is 0 Å². The highest BCUT2D eigenvalue weighted by atomic mass is 15.3. The van der Waals surface area contributed by atoms with E-state index in [-0.39, 0.29) is 0 Å². The van der Waals surface area contributed by atoms with Crippen molar-refractivity contribution in [3.05, 3.63) is 17.0 Å². The van der Waals surface area contributed by atoms with Gasteiger partial charge in [0.15, 0.2) is 0 Å². The molecule has 0 radical (unpaired) electrons. The first-order chi connectivity index (χ1) is 9.15. The third kappa shape index (κ3) is 3.82.